The van der Waals surface area contributed by atoms with E-state index in [-0.39, 0.29) is 12.0 Å². The number of ketones is 1. The first-order chi connectivity index (χ1) is 7.78. The van der Waals surface area contributed by atoms with Gasteiger partial charge in [-0.05, 0) is 25.2 Å². The van der Waals surface area contributed by atoms with E-state index in [9.17, 15) is 4.79 Å². The third kappa shape index (κ3) is 8.37. The first-order valence-corrected chi connectivity index (χ1v) is 6.93. The molecule has 17 heavy (non-hydrogen) atoms. The Hall–Kier alpha value is -0.370. The Balaban J connectivity index is 3.67. The molecule has 1 atom stereocenters. The van der Waals surface area contributed by atoms with Crippen molar-refractivity contribution in [1.29, 1.82) is 0 Å². The highest BCUT2D eigenvalue weighted by molar-refractivity contribution is 5.80. The molecule has 2 nitrogen and oxygen atoms in total. The summed E-state index contributed by atoms with van der Waals surface area (Å²) in [6, 6.07) is 0. The molecule has 0 N–H and O–H groups in total. The van der Waals surface area contributed by atoms with Gasteiger partial charge in [0.1, 0.15) is 5.78 Å². The molecule has 0 aromatic carbocycles. The summed E-state index contributed by atoms with van der Waals surface area (Å²) in [6.07, 6.45) is 3.97. The number of ether oxygens (including phenoxy) is 1. The highest BCUT2D eigenvalue weighted by Gasteiger charge is 2.16. The van der Waals surface area contributed by atoms with Gasteiger partial charge < -0.3 is 4.74 Å². The minimum Gasteiger partial charge on any atom is -0.378 e. The number of hydrogen-bond donors (Lipinski definition) is 0. The second kappa shape index (κ2) is 7.86. The lowest BCUT2D eigenvalue weighted by Gasteiger charge is -2.23. The van der Waals surface area contributed by atoms with Gasteiger partial charge in [-0.15, -0.1) is 0 Å². The summed E-state index contributed by atoms with van der Waals surface area (Å²) in [5, 5.41) is 0. The van der Waals surface area contributed by atoms with Gasteiger partial charge in [-0.25, -0.2) is 0 Å². The molecule has 0 aliphatic carbocycles. The van der Waals surface area contributed by atoms with Crippen molar-refractivity contribution in [2.45, 2.75) is 73.3 Å². The van der Waals surface area contributed by atoms with Crippen molar-refractivity contribution in [2.24, 2.45) is 11.3 Å². The monoisotopic (exact) mass is 242 g/mol. The van der Waals surface area contributed by atoms with Crippen LogP contribution in [-0.2, 0) is 9.53 Å². The van der Waals surface area contributed by atoms with Crippen LogP contribution in [0.4, 0.5) is 0 Å². The molecule has 0 heterocycles. The van der Waals surface area contributed by atoms with Crippen LogP contribution in [0.15, 0.2) is 0 Å². The predicted molar refractivity (Wildman–Crippen MR) is 73.2 cm³/mol. The number of carbonyl (C=O) groups is 1. The summed E-state index contributed by atoms with van der Waals surface area (Å²) in [4.78, 5) is 11.5. The fourth-order valence-electron chi connectivity index (χ4n) is 1.43. The second-order valence-corrected chi connectivity index (χ2v) is 6.11. The average molecular weight is 242 g/mol. The molecule has 0 aromatic rings. The van der Waals surface area contributed by atoms with Crippen molar-refractivity contribution in [1.82, 2.24) is 0 Å². The minimum absolute atomic E-state index is 0.154. The van der Waals surface area contributed by atoms with Crippen LogP contribution in [0.5, 0.6) is 0 Å². The summed E-state index contributed by atoms with van der Waals surface area (Å²) >= 11 is 0. The van der Waals surface area contributed by atoms with E-state index in [1.165, 1.54) is 6.42 Å². The van der Waals surface area contributed by atoms with Crippen molar-refractivity contribution in [3.8, 4) is 0 Å². The van der Waals surface area contributed by atoms with Crippen molar-refractivity contribution in [3.05, 3.63) is 0 Å². The fraction of sp³-hybridized carbons (Fsp3) is 0.933. The first kappa shape index (κ1) is 16.6. The Kier molecular flexibility index (Phi) is 7.69. The standard InChI is InChI=1S/C15H30O2/c1-7-15(5,6)10-11-17-13(4)8-9-14(16)12(2)3/h12-13H,7-11H2,1-6H3. The van der Waals surface area contributed by atoms with E-state index in [0.717, 1.165) is 19.4 Å². The normalized spacial score (nSPS) is 14.1. The second-order valence-electron chi connectivity index (χ2n) is 6.11. The van der Waals surface area contributed by atoms with E-state index in [1.54, 1.807) is 0 Å². The van der Waals surface area contributed by atoms with Gasteiger partial charge in [-0.2, -0.15) is 0 Å². The van der Waals surface area contributed by atoms with Crippen LogP contribution in [0.25, 0.3) is 0 Å². The van der Waals surface area contributed by atoms with E-state index >= 15 is 0 Å². The molecule has 0 rings (SSSR count). The molecular weight excluding hydrogens is 212 g/mol. The zero-order valence-corrected chi connectivity index (χ0v) is 12.5. The molecule has 0 bridgehead atoms. The number of rotatable bonds is 9. The zero-order valence-electron chi connectivity index (χ0n) is 12.5. The predicted octanol–water partition coefficient (Wildman–Crippen LogP) is 4.22. The van der Waals surface area contributed by atoms with Crippen molar-refractivity contribution in [2.75, 3.05) is 6.61 Å². The van der Waals surface area contributed by atoms with Crippen LogP contribution < -0.4 is 0 Å². The topological polar surface area (TPSA) is 26.3 Å². The molecule has 0 aliphatic rings. The molecule has 0 saturated heterocycles. The Morgan fingerprint density at radius 2 is 1.82 bits per heavy atom. The number of hydrogen-bond acceptors (Lipinski definition) is 2. The highest BCUT2D eigenvalue weighted by atomic mass is 16.5. The molecule has 102 valence electrons. The van der Waals surface area contributed by atoms with Gasteiger partial charge in [0.15, 0.2) is 0 Å². The van der Waals surface area contributed by atoms with Crippen LogP contribution in [0.1, 0.15) is 67.2 Å². The van der Waals surface area contributed by atoms with Gasteiger partial charge in [-0.3, -0.25) is 4.79 Å². The SMILES string of the molecule is CCC(C)(C)CCOC(C)CCC(=O)C(C)C. The summed E-state index contributed by atoms with van der Waals surface area (Å²) in [6.45, 7) is 13.5. The van der Waals surface area contributed by atoms with Crippen LogP contribution in [0.2, 0.25) is 0 Å². The van der Waals surface area contributed by atoms with Gasteiger partial charge in [0.2, 0.25) is 0 Å². The van der Waals surface area contributed by atoms with Gasteiger partial charge in [-0.1, -0.05) is 41.0 Å². The molecule has 0 spiro atoms. The maximum absolute atomic E-state index is 11.5. The Morgan fingerprint density at radius 1 is 1.24 bits per heavy atom. The lowest BCUT2D eigenvalue weighted by Crippen LogP contribution is -2.18. The maximum atomic E-state index is 11.5. The molecule has 0 radical (unpaired) electrons. The van der Waals surface area contributed by atoms with E-state index < -0.39 is 0 Å². The van der Waals surface area contributed by atoms with E-state index in [4.69, 9.17) is 4.74 Å². The quantitative estimate of drug-likeness (QED) is 0.605. The van der Waals surface area contributed by atoms with E-state index in [1.807, 2.05) is 13.8 Å². The molecule has 0 amide bonds. The highest BCUT2D eigenvalue weighted by Crippen LogP contribution is 2.24. The van der Waals surface area contributed by atoms with Crippen LogP contribution in [-0.4, -0.2) is 18.5 Å². The smallest absolute Gasteiger partial charge is 0.135 e. The summed E-state index contributed by atoms with van der Waals surface area (Å²) in [7, 11) is 0. The van der Waals surface area contributed by atoms with E-state index in [0.29, 0.717) is 17.6 Å². The molecule has 2 heteroatoms. The number of carbonyl (C=O) groups excluding carboxylic acids is 1. The largest absolute Gasteiger partial charge is 0.378 e. The van der Waals surface area contributed by atoms with Gasteiger partial charge >= 0.3 is 0 Å². The summed E-state index contributed by atoms with van der Waals surface area (Å²) in [5.74, 6) is 0.496. The molecule has 0 aliphatic heterocycles. The molecule has 0 aromatic heterocycles. The van der Waals surface area contributed by atoms with Crippen LogP contribution in [0.3, 0.4) is 0 Å². The molecule has 0 fully saturated rings. The molecule has 0 saturated carbocycles. The maximum Gasteiger partial charge on any atom is 0.135 e. The lowest BCUT2D eigenvalue weighted by molar-refractivity contribution is -0.122. The Morgan fingerprint density at radius 3 is 2.29 bits per heavy atom. The average Bonchev–Trinajstić information content (AvgIpc) is 2.25. The lowest BCUT2D eigenvalue weighted by atomic mass is 9.87. The third-order valence-electron chi connectivity index (χ3n) is 3.58. The molecular formula is C15H30O2. The van der Waals surface area contributed by atoms with E-state index in [2.05, 4.69) is 27.7 Å². The molecule has 1 unspecified atom stereocenters. The fourth-order valence-corrected chi connectivity index (χ4v) is 1.43. The van der Waals surface area contributed by atoms with Gasteiger partial charge in [0.05, 0.1) is 6.10 Å². The van der Waals surface area contributed by atoms with Crippen molar-refractivity contribution >= 4 is 5.78 Å². The van der Waals surface area contributed by atoms with Gasteiger partial charge in [0.25, 0.3) is 0 Å². The zero-order chi connectivity index (χ0) is 13.5. The summed E-state index contributed by atoms with van der Waals surface area (Å²) < 4.78 is 5.76. The summed E-state index contributed by atoms with van der Waals surface area (Å²) in [5.41, 5.74) is 0.369. The van der Waals surface area contributed by atoms with Gasteiger partial charge in [0, 0.05) is 18.9 Å². The Labute approximate surface area is 107 Å². The minimum atomic E-state index is 0.154. The first-order valence-electron chi connectivity index (χ1n) is 6.93. The van der Waals surface area contributed by atoms with Crippen molar-refractivity contribution in [3.63, 3.8) is 0 Å². The van der Waals surface area contributed by atoms with Crippen LogP contribution >= 0.6 is 0 Å². The third-order valence-corrected chi connectivity index (χ3v) is 3.58. The van der Waals surface area contributed by atoms with Crippen LogP contribution in [0, 0.1) is 11.3 Å². The number of Topliss-reactive ketones (excluding diaryl/α,β-unsaturated/α-hetero) is 1. The van der Waals surface area contributed by atoms with Crippen molar-refractivity contribution < 1.29 is 9.53 Å². The Bertz CT molecular complexity index is 219.